The monoisotopic (exact) mass is 648 g/mol. The molecule has 15 heteroatoms. The summed E-state index contributed by atoms with van der Waals surface area (Å²) in [7, 11) is -3.54. The van der Waals surface area contributed by atoms with E-state index >= 15 is 0 Å². The van der Waals surface area contributed by atoms with Gasteiger partial charge in [0.2, 0.25) is 10.0 Å². The number of benzene rings is 2. The molecule has 0 bridgehead atoms. The molecule has 1 aromatic heterocycles. The summed E-state index contributed by atoms with van der Waals surface area (Å²) in [6.45, 7) is -2.77. The molecule has 1 N–H and O–H groups in total. The first kappa shape index (κ1) is 30.9. The van der Waals surface area contributed by atoms with Gasteiger partial charge < -0.3 is 19.4 Å². The molecule has 1 heterocycles. The molecule has 4 rings (SSSR count). The Kier molecular flexibility index (Phi) is 10.1. The van der Waals surface area contributed by atoms with Gasteiger partial charge in [-0.15, -0.1) is 0 Å². The largest absolute Gasteiger partial charge is 0.619 e. The van der Waals surface area contributed by atoms with E-state index in [4.69, 9.17) is 32.7 Å². The second kappa shape index (κ2) is 13.3. The predicted molar refractivity (Wildman–Crippen MR) is 150 cm³/mol. The van der Waals surface area contributed by atoms with Crippen molar-refractivity contribution in [1.29, 1.82) is 0 Å². The summed E-state index contributed by atoms with van der Waals surface area (Å²) in [5, 5.41) is 11.0. The van der Waals surface area contributed by atoms with Gasteiger partial charge in [0, 0.05) is 22.6 Å². The first-order valence-corrected chi connectivity index (χ1v) is 15.6. The van der Waals surface area contributed by atoms with Crippen molar-refractivity contribution in [2.24, 2.45) is 5.92 Å². The SMILES string of the molecule is CS(=O)(=O)Nc1cccc(SC(=O)O[C@@H](Cc2c(Cl)c[n+]([O-])cc2Cl)c2ccc(OC(F)F)c(OCC3CC3)c2)c1. The third-order valence-electron chi connectivity index (χ3n) is 5.75. The molecule has 9 nitrogen and oxygen atoms in total. The highest BCUT2D eigenvalue weighted by atomic mass is 35.5. The Morgan fingerprint density at radius 1 is 1.15 bits per heavy atom. The van der Waals surface area contributed by atoms with Crippen molar-refractivity contribution in [3.05, 3.63) is 81.2 Å². The van der Waals surface area contributed by atoms with Gasteiger partial charge in [0.25, 0.3) is 0 Å². The van der Waals surface area contributed by atoms with Crippen LogP contribution in [-0.2, 0) is 21.2 Å². The summed E-state index contributed by atoms with van der Waals surface area (Å²) in [4.78, 5) is 13.4. The van der Waals surface area contributed by atoms with Crippen molar-refractivity contribution in [2.45, 2.75) is 36.9 Å². The van der Waals surface area contributed by atoms with Crippen LogP contribution in [0.15, 0.2) is 59.8 Å². The Morgan fingerprint density at radius 2 is 1.85 bits per heavy atom. The van der Waals surface area contributed by atoms with Gasteiger partial charge in [-0.25, -0.2) is 13.2 Å². The van der Waals surface area contributed by atoms with Crippen LogP contribution in [0.2, 0.25) is 10.0 Å². The highest BCUT2D eigenvalue weighted by Gasteiger charge is 2.26. The van der Waals surface area contributed by atoms with Gasteiger partial charge in [0.1, 0.15) is 16.1 Å². The number of hydrogen-bond donors (Lipinski definition) is 1. The minimum Gasteiger partial charge on any atom is -0.619 e. The topological polar surface area (TPSA) is 118 Å². The number of pyridine rings is 1. The summed E-state index contributed by atoms with van der Waals surface area (Å²) >= 11 is 13.2. The fourth-order valence-electron chi connectivity index (χ4n) is 3.74. The van der Waals surface area contributed by atoms with Gasteiger partial charge in [-0.2, -0.15) is 13.5 Å². The minimum absolute atomic E-state index is 0.0311. The standard InChI is InChI=1S/C26H24Cl2F2N2O7S2/c1-41(35,36)31-17-3-2-4-18(10-17)40-26(33)39-23(11-19-20(27)12-32(34)13-21(19)28)16-7-8-22(38-25(29)30)24(9-16)37-14-15-5-6-15/h2-4,7-10,12-13,15,23,25,31H,5-6,11,14H2,1H3/t23-/m0/s1. The average Bonchev–Trinajstić information content (AvgIpc) is 3.68. The summed E-state index contributed by atoms with van der Waals surface area (Å²) < 4.78 is 68.1. The summed E-state index contributed by atoms with van der Waals surface area (Å²) in [6.07, 6.45) is 4.01. The third kappa shape index (κ3) is 9.52. The van der Waals surface area contributed by atoms with Crippen LogP contribution >= 0.6 is 35.0 Å². The number of hydrogen-bond acceptors (Lipinski definition) is 8. The molecule has 2 aromatic carbocycles. The Balaban J connectivity index is 1.63. The number of carbonyl (C=O) groups is 1. The first-order valence-electron chi connectivity index (χ1n) is 12.1. The molecule has 1 saturated carbocycles. The van der Waals surface area contributed by atoms with Gasteiger partial charge in [0.05, 0.1) is 12.9 Å². The zero-order valence-electron chi connectivity index (χ0n) is 21.4. The van der Waals surface area contributed by atoms with E-state index in [1.807, 2.05) is 0 Å². The zero-order valence-corrected chi connectivity index (χ0v) is 24.5. The normalized spacial score (nSPS) is 14.0. The number of carbonyl (C=O) groups excluding carboxylic acids is 1. The lowest BCUT2D eigenvalue weighted by molar-refractivity contribution is -0.605. The van der Waals surface area contributed by atoms with Gasteiger partial charge in [-0.1, -0.05) is 35.3 Å². The molecule has 1 atom stereocenters. The van der Waals surface area contributed by atoms with Crippen LogP contribution in [0, 0.1) is 11.1 Å². The van der Waals surface area contributed by atoms with Crippen molar-refractivity contribution in [2.75, 3.05) is 17.6 Å². The van der Waals surface area contributed by atoms with E-state index < -0.39 is 28.0 Å². The Bertz CT molecular complexity index is 1500. The van der Waals surface area contributed by atoms with E-state index in [-0.39, 0.29) is 33.7 Å². The molecule has 1 fully saturated rings. The number of ether oxygens (including phenoxy) is 3. The fraction of sp³-hybridized carbons (Fsp3) is 0.308. The Labute approximate surface area is 249 Å². The van der Waals surface area contributed by atoms with Crippen LogP contribution in [0.25, 0.3) is 0 Å². The van der Waals surface area contributed by atoms with Crippen molar-refractivity contribution in [1.82, 2.24) is 0 Å². The second-order valence-electron chi connectivity index (χ2n) is 9.20. The molecule has 1 aliphatic rings. The molecule has 0 unspecified atom stereocenters. The number of rotatable bonds is 12. The van der Waals surface area contributed by atoms with Crippen LogP contribution in [0.4, 0.5) is 19.3 Å². The lowest BCUT2D eigenvalue weighted by atomic mass is 10.0. The highest BCUT2D eigenvalue weighted by Crippen LogP contribution is 2.38. The quantitative estimate of drug-likeness (QED) is 0.101. The van der Waals surface area contributed by atoms with Crippen LogP contribution in [0.3, 0.4) is 0 Å². The van der Waals surface area contributed by atoms with Gasteiger partial charge >= 0.3 is 11.9 Å². The van der Waals surface area contributed by atoms with E-state index in [1.165, 1.54) is 30.3 Å². The van der Waals surface area contributed by atoms with E-state index in [9.17, 15) is 27.2 Å². The summed E-state index contributed by atoms with van der Waals surface area (Å²) in [6, 6.07) is 10.3. The smallest absolute Gasteiger partial charge is 0.387 e. The third-order valence-corrected chi connectivity index (χ3v) is 7.76. The molecule has 0 saturated heterocycles. The second-order valence-corrected chi connectivity index (χ2v) is 12.8. The number of nitrogens with one attached hydrogen (secondary N) is 1. The van der Waals surface area contributed by atoms with Gasteiger partial charge in [-0.3, -0.25) is 4.72 Å². The van der Waals surface area contributed by atoms with Crippen molar-refractivity contribution >= 4 is 56.0 Å². The van der Waals surface area contributed by atoms with Crippen LogP contribution in [0.1, 0.15) is 30.1 Å². The zero-order chi connectivity index (χ0) is 29.7. The van der Waals surface area contributed by atoms with E-state index in [0.29, 0.717) is 45.0 Å². The summed E-state index contributed by atoms with van der Waals surface area (Å²) in [5.74, 6) is 0.185. The fourth-order valence-corrected chi connectivity index (χ4v) is 5.58. The van der Waals surface area contributed by atoms with Gasteiger partial charge in [-0.05, 0) is 66.4 Å². The molecule has 220 valence electrons. The predicted octanol–water partition coefficient (Wildman–Crippen LogP) is 6.60. The Morgan fingerprint density at radius 3 is 2.49 bits per heavy atom. The summed E-state index contributed by atoms with van der Waals surface area (Å²) in [5.41, 5.74) is 0.934. The maximum atomic E-state index is 13.1. The van der Waals surface area contributed by atoms with Crippen LogP contribution in [0.5, 0.6) is 11.5 Å². The highest BCUT2D eigenvalue weighted by molar-refractivity contribution is 8.13. The maximum absolute atomic E-state index is 13.1. The molecular weight excluding hydrogens is 625 g/mol. The van der Waals surface area contributed by atoms with Crippen LogP contribution < -0.4 is 18.9 Å². The average molecular weight is 650 g/mol. The number of alkyl halides is 2. The van der Waals surface area contributed by atoms with Gasteiger partial charge in [0.15, 0.2) is 23.9 Å². The molecule has 3 aromatic rings. The lowest BCUT2D eigenvalue weighted by Gasteiger charge is -2.21. The molecule has 0 radical (unpaired) electrons. The number of nitrogens with zero attached hydrogens (tertiary/aromatic N) is 1. The number of sulfonamides is 1. The van der Waals surface area contributed by atoms with E-state index in [1.54, 1.807) is 12.1 Å². The Hall–Kier alpha value is -3.00. The number of thioether (sulfide) groups is 1. The first-order chi connectivity index (χ1) is 19.4. The molecule has 0 amide bonds. The van der Waals surface area contributed by atoms with E-state index in [0.717, 1.165) is 31.5 Å². The van der Waals surface area contributed by atoms with E-state index in [2.05, 4.69) is 9.46 Å². The lowest BCUT2D eigenvalue weighted by Crippen LogP contribution is -2.25. The van der Waals surface area contributed by atoms with Crippen molar-refractivity contribution < 1.29 is 40.9 Å². The molecule has 41 heavy (non-hydrogen) atoms. The molecule has 0 aliphatic heterocycles. The van der Waals surface area contributed by atoms with Crippen LogP contribution in [-0.4, -0.2) is 33.2 Å². The number of aromatic nitrogens is 1. The minimum atomic E-state index is -3.54. The molecule has 0 spiro atoms. The number of halogens is 4. The van der Waals surface area contributed by atoms with Crippen molar-refractivity contribution in [3.8, 4) is 11.5 Å². The van der Waals surface area contributed by atoms with Crippen molar-refractivity contribution in [3.63, 3.8) is 0 Å². The molecule has 1 aliphatic carbocycles. The molecular formula is C26H24Cl2F2N2O7S2. The maximum Gasteiger partial charge on any atom is 0.387 e. The number of anilines is 1.